The number of carbonyl (C=O) groups is 1. The number of H-pyrrole nitrogens is 1. The van der Waals surface area contributed by atoms with Crippen LogP contribution in [0.25, 0.3) is 11.4 Å². The van der Waals surface area contributed by atoms with E-state index in [1.807, 2.05) is 38.1 Å². The molecule has 3 aromatic carbocycles. The number of rotatable bonds is 7. The topological polar surface area (TPSA) is 109 Å². The first-order valence-corrected chi connectivity index (χ1v) is 12.3. The molecule has 0 saturated heterocycles. The average Bonchev–Trinajstić information content (AvgIpc) is 3.15. The van der Waals surface area contributed by atoms with Gasteiger partial charge in [0.25, 0.3) is 10.0 Å². The van der Waals surface area contributed by atoms with Crippen molar-refractivity contribution in [2.75, 3.05) is 10.0 Å². The first-order chi connectivity index (χ1) is 16.2. The number of hydrogen-bond acceptors (Lipinski definition) is 5. The molecule has 34 heavy (non-hydrogen) atoms. The fraction of sp³-hybridized carbons (Fsp3) is 0.125. The first kappa shape index (κ1) is 23.4. The number of aromatic amines is 1. The van der Waals surface area contributed by atoms with E-state index in [1.54, 1.807) is 53.1 Å². The second-order valence-electron chi connectivity index (χ2n) is 7.85. The lowest BCUT2D eigenvalue weighted by molar-refractivity contribution is -0.116. The van der Waals surface area contributed by atoms with Crippen LogP contribution in [0.2, 0.25) is 0 Å². The molecular formula is C24H23N5O3S2. The summed E-state index contributed by atoms with van der Waals surface area (Å²) in [5, 5.41) is 9.80. The zero-order valence-electron chi connectivity index (χ0n) is 18.6. The third kappa shape index (κ3) is 5.41. The number of nitrogens with zero attached hydrogens (tertiary/aromatic N) is 2. The molecule has 0 atom stereocenters. The predicted molar refractivity (Wildman–Crippen MR) is 135 cm³/mol. The van der Waals surface area contributed by atoms with Crippen LogP contribution < -0.4 is 10.0 Å². The highest BCUT2D eigenvalue weighted by molar-refractivity contribution is 7.92. The molecule has 4 aromatic rings. The smallest absolute Gasteiger partial charge is 0.261 e. The van der Waals surface area contributed by atoms with Crippen molar-refractivity contribution in [2.45, 2.75) is 25.3 Å². The van der Waals surface area contributed by atoms with Gasteiger partial charge in [0.15, 0.2) is 10.6 Å². The number of aryl methyl sites for hydroxylation is 2. The number of nitrogens with one attached hydrogen (secondary N) is 3. The van der Waals surface area contributed by atoms with Gasteiger partial charge in [-0.15, -0.1) is 0 Å². The summed E-state index contributed by atoms with van der Waals surface area (Å²) >= 11 is 5.30. The summed E-state index contributed by atoms with van der Waals surface area (Å²) in [5.41, 5.74) is 3.81. The number of anilines is 2. The molecule has 174 valence electrons. The van der Waals surface area contributed by atoms with Gasteiger partial charge in [-0.1, -0.05) is 41.5 Å². The molecule has 0 aliphatic rings. The van der Waals surface area contributed by atoms with Crippen LogP contribution in [-0.2, 0) is 21.4 Å². The Bertz CT molecular complexity index is 1490. The third-order valence-corrected chi connectivity index (χ3v) is 6.80. The minimum atomic E-state index is -3.70. The molecule has 0 bridgehead atoms. The van der Waals surface area contributed by atoms with Gasteiger partial charge in [-0.05, 0) is 68.5 Å². The van der Waals surface area contributed by atoms with Gasteiger partial charge in [0, 0.05) is 16.9 Å². The van der Waals surface area contributed by atoms with Crippen molar-refractivity contribution in [3.8, 4) is 11.4 Å². The molecular weight excluding hydrogens is 470 g/mol. The van der Waals surface area contributed by atoms with Crippen LogP contribution in [0.5, 0.6) is 0 Å². The maximum absolute atomic E-state index is 12.7. The van der Waals surface area contributed by atoms with E-state index in [9.17, 15) is 13.2 Å². The van der Waals surface area contributed by atoms with Crippen LogP contribution in [-0.4, -0.2) is 29.1 Å². The number of carbonyl (C=O) groups excluding carboxylic acids is 1. The molecule has 1 heterocycles. The number of sulfonamides is 1. The largest absolute Gasteiger partial charge is 0.325 e. The standard InChI is InChI=1S/C24H23N5O3S2/c1-16-6-12-21(13-7-16)34(31,32)28-20-10-8-19(9-11-20)25-22(30)15-29-23(26-27-24(29)33)18-5-3-4-17(2)14-18/h3-14,28H,15H2,1-2H3,(H,25,30)(H,27,33). The van der Waals surface area contributed by atoms with Crippen molar-refractivity contribution in [1.82, 2.24) is 14.8 Å². The summed E-state index contributed by atoms with van der Waals surface area (Å²) in [6.45, 7) is 3.84. The van der Waals surface area contributed by atoms with Gasteiger partial charge in [0.05, 0.1) is 4.90 Å². The maximum Gasteiger partial charge on any atom is 0.261 e. The van der Waals surface area contributed by atoms with Crippen molar-refractivity contribution >= 4 is 39.5 Å². The fourth-order valence-electron chi connectivity index (χ4n) is 3.37. The van der Waals surface area contributed by atoms with E-state index in [-0.39, 0.29) is 17.3 Å². The van der Waals surface area contributed by atoms with Gasteiger partial charge in [-0.3, -0.25) is 19.2 Å². The van der Waals surface area contributed by atoms with Crippen LogP contribution in [0.1, 0.15) is 11.1 Å². The van der Waals surface area contributed by atoms with Gasteiger partial charge in [0.1, 0.15) is 6.54 Å². The average molecular weight is 494 g/mol. The van der Waals surface area contributed by atoms with Crippen molar-refractivity contribution in [3.63, 3.8) is 0 Å². The van der Waals surface area contributed by atoms with E-state index in [4.69, 9.17) is 12.2 Å². The minimum Gasteiger partial charge on any atom is -0.325 e. The van der Waals surface area contributed by atoms with Crippen LogP contribution in [0.4, 0.5) is 11.4 Å². The number of aromatic nitrogens is 3. The zero-order chi connectivity index (χ0) is 24.3. The number of benzene rings is 3. The Kier molecular flexibility index (Phi) is 6.62. The highest BCUT2D eigenvalue weighted by Crippen LogP contribution is 2.20. The SMILES string of the molecule is Cc1ccc(S(=O)(=O)Nc2ccc(NC(=O)Cn3c(-c4cccc(C)c4)n[nH]c3=S)cc2)cc1. The normalized spacial score (nSPS) is 11.2. The molecule has 0 fully saturated rings. The van der Waals surface area contributed by atoms with Crippen LogP contribution in [0.15, 0.2) is 77.7 Å². The fourth-order valence-corrected chi connectivity index (χ4v) is 4.62. The Morgan fingerprint density at radius 2 is 1.65 bits per heavy atom. The molecule has 1 amide bonds. The summed E-state index contributed by atoms with van der Waals surface area (Å²) in [5.74, 6) is 0.282. The highest BCUT2D eigenvalue weighted by Gasteiger charge is 2.15. The van der Waals surface area contributed by atoms with E-state index in [2.05, 4.69) is 20.2 Å². The van der Waals surface area contributed by atoms with E-state index in [1.165, 1.54) is 0 Å². The van der Waals surface area contributed by atoms with E-state index >= 15 is 0 Å². The Balaban J connectivity index is 1.44. The van der Waals surface area contributed by atoms with E-state index in [0.717, 1.165) is 16.7 Å². The molecule has 0 aliphatic carbocycles. The molecule has 0 saturated carbocycles. The highest BCUT2D eigenvalue weighted by atomic mass is 32.2. The molecule has 1 aromatic heterocycles. The summed E-state index contributed by atoms with van der Waals surface area (Å²) in [7, 11) is -3.70. The summed E-state index contributed by atoms with van der Waals surface area (Å²) < 4.78 is 29.6. The predicted octanol–water partition coefficient (Wildman–Crippen LogP) is 4.66. The Morgan fingerprint density at radius 3 is 2.32 bits per heavy atom. The second-order valence-corrected chi connectivity index (χ2v) is 9.92. The molecule has 8 nitrogen and oxygen atoms in total. The van der Waals surface area contributed by atoms with Gasteiger partial charge < -0.3 is 5.32 Å². The molecule has 10 heteroatoms. The lowest BCUT2D eigenvalue weighted by Gasteiger charge is -2.11. The van der Waals surface area contributed by atoms with Crippen molar-refractivity contribution in [2.24, 2.45) is 0 Å². The molecule has 0 spiro atoms. The Morgan fingerprint density at radius 1 is 0.971 bits per heavy atom. The summed E-state index contributed by atoms with van der Waals surface area (Å²) in [6.07, 6.45) is 0. The minimum absolute atomic E-state index is 0.0274. The quantitative estimate of drug-likeness (QED) is 0.324. The lowest BCUT2D eigenvalue weighted by Crippen LogP contribution is -2.19. The van der Waals surface area contributed by atoms with Gasteiger partial charge in [-0.25, -0.2) is 8.42 Å². The molecule has 0 unspecified atom stereocenters. The molecule has 0 aliphatic heterocycles. The van der Waals surface area contributed by atoms with E-state index in [0.29, 0.717) is 22.0 Å². The van der Waals surface area contributed by atoms with E-state index < -0.39 is 10.0 Å². The third-order valence-electron chi connectivity index (χ3n) is 5.09. The van der Waals surface area contributed by atoms with Gasteiger partial charge >= 0.3 is 0 Å². The monoisotopic (exact) mass is 493 g/mol. The van der Waals surface area contributed by atoms with Crippen molar-refractivity contribution < 1.29 is 13.2 Å². The Labute approximate surface area is 202 Å². The summed E-state index contributed by atoms with van der Waals surface area (Å²) in [6, 6.07) is 20.8. The van der Waals surface area contributed by atoms with Crippen LogP contribution >= 0.6 is 12.2 Å². The van der Waals surface area contributed by atoms with Crippen LogP contribution in [0, 0.1) is 18.6 Å². The molecule has 4 rings (SSSR count). The van der Waals surface area contributed by atoms with Crippen molar-refractivity contribution in [3.05, 3.63) is 88.7 Å². The zero-order valence-corrected chi connectivity index (χ0v) is 20.2. The lowest BCUT2D eigenvalue weighted by atomic mass is 10.1. The molecule has 0 radical (unpaired) electrons. The van der Waals surface area contributed by atoms with Gasteiger partial charge in [0.2, 0.25) is 5.91 Å². The second kappa shape index (κ2) is 9.62. The molecule has 3 N–H and O–H groups in total. The maximum atomic E-state index is 12.7. The van der Waals surface area contributed by atoms with Gasteiger partial charge in [-0.2, -0.15) is 5.10 Å². The number of hydrogen-bond donors (Lipinski definition) is 3. The summed E-state index contributed by atoms with van der Waals surface area (Å²) in [4.78, 5) is 12.9. The number of amides is 1. The van der Waals surface area contributed by atoms with Crippen LogP contribution in [0.3, 0.4) is 0 Å². The van der Waals surface area contributed by atoms with Crippen molar-refractivity contribution in [1.29, 1.82) is 0 Å². The Hall–Kier alpha value is -3.76. The first-order valence-electron chi connectivity index (χ1n) is 10.4.